The van der Waals surface area contributed by atoms with E-state index >= 15 is 0 Å². The fourth-order valence-electron chi connectivity index (χ4n) is 7.41. The van der Waals surface area contributed by atoms with Gasteiger partial charge in [-0.15, -0.1) is 0 Å². The summed E-state index contributed by atoms with van der Waals surface area (Å²) in [5.41, 5.74) is 0. The molecule has 0 saturated heterocycles. The van der Waals surface area contributed by atoms with Crippen LogP contribution in [0.1, 0.15) is 266 Å². The van der Waals surface area contributed by atoms with Crippen molar-refractivity contribution in [2.75, 3.05) is 13.2 Å². The molecule has 0 aromatic heterocycles. The van der Waals surface area contributed by atoms with Gasteiger partial charge in [-0.05, 0) is 37.0 Å². The molecular weight excluding hydrogens is 697 g/mol. The second-order valence-corrected chi connectivity index (χ2v) is 18.5. The molecule has 6 nitrogen and oxygen atoms in total. The van der Waals surface area contributed by atoms with Crippen LogP contribution in [0.3, 0.4) is 0 Å². The van der Waals surface area contributed by atoms with Crippen molar-refractivity contribution < 1.29 is 28.6 Å². The number of hydrogen-bond donors (Lipinski definition) is 0. The lowest BCUT2D eigenvalue weighted by molar-refractivity contribution is -0.167. The molecule has 6 heteroatoms. The maximum Gasteiger partial charge on any atom is 0.306 e. The molecule has 0 aliphatic rings. The lowest BCUT2D eigenvalue weighted by atomic mass is 10.0. The maximum absolute atomic E-state index is 12.7. The highest BCUT2D eigenvalue weighted by Gasteiger charge is 2.19. The summed E-state index contributed by atoms with van der Waals surface area (Å²) in [6.07, 6.45) is 39.6. The fourth-order valence-corrected chi connectivity index (χ4v) is 7.41. The molecule has 332 valence electrons. The number of unbranched alkanes of at least 4 members (excludes halogenated alkanes) is 26. The van der Waals surface area contributed by atoms with Crippen molar-refractivity contribution in [1.82, 2.24) is 0 Å². The lowest BCUT2D eigenvalue weighted by Crippen LogP contribution is -2.30. The van der Waals surface area contributed by atoms with E-state index in [-0.39, 0.29) is 31.1 Å². The van der Waals surface area contributed by atoms with E-state index in [2.05, 4.69) is 41.5 Å². The van der Waals surface area contributed by atoms with Crippen LogP contribution in [0.15, 0.2) is 0 Å². The van der Waals surface area contributed by atoms with Gasteiger partial charge < -0.3 is 14.2 Å². The second-order valence-electron chi connectivity index (χ2n) is 18.5. The Morgan fingerprint density at radius 3 is 0.768 bits per heavy atom. The predicted molar refractivity (Wildman–Crippen MR) is 238 cm³/mol. The molecular formula is C50H96O6. The van der Waals surface area contributed by atoms with E-state index in [9.17, 15) is 14.4 Å². The van der Waals surface area contributed by atoms with Gasteiger partial charge >= 0.3 is 17.9 Å². The molecule has 0 N–H and O–H groups in total. The minimum Gasteiger partial charge on any atom is -0.462 e. The Morgan fingerprint density at radius 2 is 0.518 bits per heavy atom. The van der Waals surface area contributed by atoms with Gasteiger partial charge in [0.25, 0.3) is 0 Å². The Hall–Kier alpha value is -1.59. The van der Waals surface area contributed by atoms with Crippen LogP contribution in [0.5, 0.6) is 0 Å². The number of rotatable bonds is 43. The van der Waals surface area contributed by atoms with E-state index < -0.39 is 6.10 Å². The molecule has 0 aliphatic carbocycles. The molecule has 0 amide bonds. The third-order valence-corrected chi connectivity index (χ3v) is 11.1. The molecule has 0 bridgehead atoms. The average molecular weight is 793 g/mol. The van der Waals surface area contributed by atoms with E-state index in [0.717, 1.165) is 75.5 Å². The standard InChI is InChI=1S/C50H96O6/c1-44(2)36-30-24-18-14-10-8-7-9-11-16-20-27-33-39-48(51)54-42-47(56-50(53)41-35-29-23-22-26-32-38-46(5)6)43-55-49(52)40-34-28-21-17-13-12-15-19-25-31-37-45(3)4/h44-47H,7-43H2,1-6H3/t47-/m1/s1. The fraction of sp³-hybridized carbons (Fsp3) is 0.940. The first kappa shape index (κ1) is 54.4. The number of ether oxygens (including phenoxy) is 3. The van der Waals surface area contributed by atoms with Gasteiger partial charge in [-0.25, -0.2) is 0 Å². The van der Waals surface area contributed by atoms with Gasteiger partial charge in [0.05, 0.1) is 0 Å². The summed E-state index contributed by atoms with van der Waals surface area (Å²) < 4.78 is 16.7. The van der Waals surface area contributed by atoms with Crippen LogP contribution in [0, 0.1) is 17.8 Å². The van der Waals surface area contributed by atoms with E-state index in [1.807, 2.05) is 0 Å². The summed E-state index contributed by atoms with van der Waals surface area (Å²) in [5, 5.41) is 0. The van der Waals surface area contributed by atoms with Crippen LogP contribution in [0.4, 0.5) is 0 Å². The molecule has 0 heterocycles. The molecule has 56 heavy (non-hydrogen) atoms. The summed E-state index contributed by atoms with van der Waals surface area (Å²) in [6.45, 7) is 13.6. The Balaban J connectivity index is 4.26. The molecule has 0 aromatic rings. The molecule has 0 aliphatic heterocycles. The molecule has 0 saturated carbocycles. The predicted octanol–water partition coefficient (Wildman–Crippen LogP) is 15.6. The van der Waals surface area contributed by atoms with Crippen LogP contribution >= 0.6 is 0 Å². The third-order valence-electron chi connectivity index (χ3n) is 11.1. The highest BCUT2D eigenvalue weighted by molar-refractivity contribution is 5.71. The second kappa shape index (κ2) is 41.6. The summed E-state index contributed by atoms with van der Waals surface area (Å²) in [6, 6.07) is 0. The van der Waals surface area contributed by atoms with Crippen molar-refractivity contribution in [3.63, 3.8) is 0 Å². The molecule has 1 atom stereocenters. The van der Waals surface area contributed by atoms with Crippen LogP contribution in [-0.4, -0.2) is 37.2 Å². The van der Waals surface area contributed by atoms with Crippen molar-refractivity contribution in [3.8, 4) is 0 Å². The summed E-state index contributed by atoms with van der Waals surface area (Å²) in [5.74, 6) is 1.56. The SMILES string of the molecule is CC(C)CCCCCCCCCCCCCCCC(=O)OC[C@H](COC(=O)CCCCCCCCCCCCC(C)C)OC(=O)CCCCCCCCC(C)C. The highest BCUT2D eigenvalue weighted by atomic mass is 16.6. The smallest absolute Gasteiger partial charge is 0.306 e. The van der Waals surface area contributed by atoms with Crippen molar-refractivity contribution in [2.24, 2.45) is 17.8 Å². The molecule has 0 radical (unpaired) electrons. The van der Waals surface area contributed by atoms with Crippen molar-refractivity contribution in [1.29, 1.82) is 0 Å². The number of carbonyl (C=O) groups excluding carboxylic acids is 3. The Morgan fingerprint density at radius 1 is 0.304 bits per heavy atom. The number of esters is 3. The first-order valence-electron chi connectivity index (χ1n) is 24.6. The Kier molecular flexibility index (Phi) is 40.4. The van der Waals surface area contributed by atoms with Gasteiger partial charge in [-0.2, -0.15) is 0 Å². The van der Waals surface area contributed by atoms with Gasteiger partial charge in [-0.1, -0.05) is 228 Å². The minimum absolute atomic E-state index is 0.0661. The van der Waals surface area contributed by atoms with Gasteiger partial charge in [0.1, 0.15) is 13.2 Å². The number of carbonyl (C=O) groups is 3. The quantitative estimate of drug-likeness (QED) is 0.0348. The van der Waals surface area contributed by atoms with Gasteiger partial charge in [0.2, 0.25) is 0 Å². The summed E-state index contributed by atoms with van der Waals surface area (Å²) in [4.78, 5) is 37.8. The Bertz CT molecular complexity index is 868. The van der Waals surface area contributed by atoms with Gasteiger partial charge in [-0.3, -0.25) is 14.4 Å². The van der Waals surface area contributed by atoms with Crippen LogP contribution < -0.4 is 0 Å². The van der Waals surface area contributed by atoms with Crippen LogP contribution in [0.25, 0.3) is 0 Å². The molecule has 0 rings (SSSR count). The monoisotopic (exact) mass is 793 g/mol. The zero-order chi connectivity index (χ0) is 41.3. The lowest BCUT2D eigenvalue weighted by Gasteiger charge is -2.18. The van der Waals surface area contributed by atoms with E-state index in [1.165, 1.54) is 148 Å². The molecule has 0 spiro atoms. The van der Waals surface area contributed by atoms with Crippen molar-refractivity contribution in [3.05, 3.63) is 0 Å². The van der Waals surface area contributed by atoms with E-state index in [1.54, 1.807) is 0 Å². The zero-order valence-electron chi connectivity index (χ0n) is 38.4. The average Bonchev–Trinajstić information content (AvgIpc) is 3.15. The van der Waals surface area contributed by atoms with Crippen molar-refractivity contribution in [2.45, 2.75) is 272 Å². The van der Waals surface area contributed by atoms with Crippen LogP contribution in [0.2, 0.25) is 0 Å². The van der Waals surface area contributed by atoms with Crippen molar-refractivity contribution >= 4 is 17.9 Å². The third kappa shape index (κ3) is 43.5. The maximum atomic E-state index is 12.7. The first-order valence-corrected chi connectivity index (χ1v) is 24.6. The van der Waals surface area contributed by atoms with E-state index in [4.69, 9.17) is 14.2 Å². The van der Waals surface area contributed by atoms with Crippen LogP contribution in [-0.2, 0) is 28.6 Å². The van der Waals surface area contributed by atoms with Gasteiger partial charge in [0.15, 0.2) is 6.10 Å². The topological polar surface area (TPSA) is 78.9 Å². The molecule has 0 fully saturated rings. The Labute approximate surface area is 348 Å². The van der Waals surface area contributed by atoms with E-state index in [0.29, 0.717) is 19.3 Å². The zero-order valence-corrected chi connectivity index (χ0v) is 38.4. The number of hydrogen-bond acceptors (Lipinski definition) is 6. The molecule has 0 aromatic carbocycles. The summed E-state index contributed by atoms with van der Waals surface area (Å²) in [7, 11) is 0. The van der Waals surface area contributed by atoms with Gasteiger partial charge in [0, 0.05) is 19.3 Å². The normalized spacial score (nSPS) is 12.2. The molecule has 0 unspecified atom stereocenters. The summed E-state index contributed by atoms with van der Waals surface area (Å²) >= 11 is 0. The highest BCUT2D eigenvalue weighted by Crippen LogP contribution is 2.17. The minimum atomic E-state index is -0.762. The largest absolute Gasteiger partial charge is 0.462 e. The first-order chi connectivity index (χ1) is 27.1.